The van der Waals surface area contributed by atoms with Crippen molar-refractivity contribution in [1.82, 2.24) is 20.5 Å². The maximum atomic E-state index is 13.3. The second-order valence-corrected chi connectivity index (χ2v) is 11.5. The second-order valence-electron chi connectivity index (χ2n) is 11.5. The molecule has 8 heteroatoms. The summed E-state index contributed by atoms with van der Waals surface area (Å²) in [6.07, 6.45) is 3.48. The molecule has 206 valence electrons. The molecular weight excluding hydrogens is 480 g/mol. The van der Waals surface area contributed by atoms with E-state index in [0.29, 0.717) is 42.6 Å². The average Bonchev–Trinajstić information content (AvgIpc) is 3.21. The lowest BCUT2D eigenvalue weighted by molar-refractivity contribution is -0.123. The Morgan fingerprint density at radius 1 is 1.11 bits per heavy atom. The molecule has 3 N–H and O–H groups in total. The Morgan fingerprint density at radius 2 is 1.79 bits per heavy atom. The third-order valence-corrected chi connectivity index (χ3v) is 7.60. The van der Waals surface area contributed by atoms with E-state index in [-0.39, 0.29) is 23.0 Å². The molecule has 1 saturated heterocycles. The number of morpholine rings is 1. The number of aromatic nitrogens is 1. The lowest BCUT2D eigenvalue weighted by Crippen LogP contribution is -2.46. The van der Waals surface area contributed by atoms with Crippen LogP contribution < -0.4 is 10.6 Å². The Kier molecular flexibility index (Phi) is 9.05. The summed E-state index contributed by atoms with van der Waals surface area (Å²) in [5.74, 6) is -0.470. The van der Waals surface area contributed by atoms with Gasteiger partial charge in [-0.05, 0) is 41.9 Å². The van der Waals surface area contributed by atoms with Crippen LogP contribution in [-0.4, -0.2) is 59.8 Å². The minimum absolute atomic E-state index is 0.0697. The zero-order chi connectivity index (χ0) is 27.3. The first-order chi connectivity index (χ1) is 18.2. The van der Waals surface area contributed by atoms with Gasteiger partial charge in [0.15, 0.2) is 5.78 Å². The van der Waals surface area contributed by atoms with Gasteiger partial charge in [-0.15, -0.1) is 0 Å². The molecule has 0 saturated carbocycles. The monoisotopic (exact) mass is 522 g/mol. The fourth-order valence-corrected chi connectivity index (χ4v) is 5.46. The first-order valence-corrected chi connectivity index (χ1v) is 13.9. The Bertz CT molecular complexity index is 1150. The van der Waals surface area contributed by atoms with Crippen LogP contribution in [0.3, 0.4) is 0 Å². The predicted octanol–water partition coefficient (Wildman–Crippen LogP) is 3.92. The van der Waals surface area contributed by atoms with Crippen molar-refractivity contribution < 1.29 is 19.1 Å². The van der Waals surface area contributed by atoms with Gasteiger partial charge in [0.1, 0.15) is 11.7 Å². The van der Waals surface area contributed by atoms with Gasteiger partial charge in [0.2, 0.25) is 5.91 Å². The number of ether oxygens (including phenoxy) is 1. The molecule has 8 nitrogen and oxygen atoms in total. The van der Waals surface area contributed by atoms with Gasteiger partial charge in [0, 0.05) is 43.9 Å². The first kappa shape index (κ1) is 28.0. The number of ketones is 1. The Balaban J connectivity index is 1.37. The van der Waals surface area contributed by atoms with Crippen molar-refractivity contribution >= 4 is 17.6 Å². The highest BCUT2D eigenvalue weighted by molar-refractivity contribution is 6.05. The summed E-state index contributed by atoms with van der Waals surface area (Å²) in [5.41, 5.74) is 4.62. The van der Waals surface area contributed by atoms with Crippen LogP contribution >= 0.6 is 0 Å². The van der Waals surface area contributed by atoms with E-state index in [1.807, 2.05) is 19.1 Å². The number of aromatic amines is 1. The number of nitrogens with zero attached hydrogens (tertiary/aromatic N) is 1. The maximum absolute atomic E-state index is 13.3. The number of nitrogens with one attached hydrogen (secondary N) is 3. The number of benzene rings is 1. The van der Waals surface area contributed by atoms with Crippen LogP contribution in [0.5, 0.6) is 0 Å². The lowest BCUT2D eigenvalue weighted by atomic mass is 9.75. The average molecular weight is 523 g/mol. The Hall–Kier alpha value is -2.97. The van der Waals surface area contributed by atoms with E-state index in [1.54, 1.807) is 0 Å². The molecule has 1 aliphatic heterocycles. The number of fused-ring (bicyclic) bond motifs is 1. The number of carbonyl (C=O) groups excluding carboxylic acids is 3. The van der Waals surface area contributed by atoms with Gasteiger partial charge >= 0.3 is 0 Å². The normalized spacial score (nSPS) is 18.1. The number of Topliss-reactive ketones (excluding diaryl/α,β-unsaturated/α-hetero) is 1. The highest BCUT2D eigenvalue weighted by atomic mass is 16.5. The molecule has 1 aromatic heterocycles. The topological polar surface area (TPSA) is 104 Å². The molecule has 2 aliphatic rings. The molecule has 1 unspecified atom stereocenters. The van der Waals surface area contributed by atoms with Crippen LogP contribution in [0, 0.1) is 12.3 Å². The molecular formula is C30H42N4O4. The number of carbonyl (C=O) groups is 3. The number of hydrogen-bond acceptors (Lipinski definition) is 5. The van der Waals surface area contributed by atoms with Gasteiger partial charge < -0.3 is 20.4 Å². The molecule has 2 aromatic rings. The molecule has 0 bridgehead atoms. The third kappa shape index (κ3) is 6.91. The fourth-order valence-electron chi connectivity index (χ4n) is 5.46. The summed E-state index contributed by atoms with van der Waals surface area (Å²) in [6.45, 7) is 12.7. The van der Waals surface area contributed by atoms with Gasteiger partial charge in [0.25, 0.3) is 5.91 Å². The van der Waals surface area contributed by atoms with Crippen LogP contribution in [0.2, 0.25) is 0 Å². The van der Waals surface area contributed by atoms with E-state index >= 15 is 0 Å². The smallest absolute Gasteiger partial charge is 0.268 e. The molecule has 2 amide bonds. The number of hydrogen-bond donors (Lipinski definition) is 3. The lowest BCUT2D eigenvalue weighted by Gasteiger charge is -2.28. The van der Waals surface area contributed by atoms with E-state index in [1.165, 1.54) is 5.56 Å². The molecule has 0 radical (unpaired) electrons. The van der Waals surface area contributed by atoms with Gasteiger partial charge in [-0.3, -0.25) is 19.3 Å². The minimum atomic E-state index is -0.644. The summed E-state index contributed by atoms with van der Waals surface area (Å²) in [4.78, 5) is 44.7. The van der Waals surface area contributed by atoms with Crippen LogP contribution in [0.15, 0.2) is 24.3 Å². The van der Waals surface area contributed by atoms with Crippen LogP contribution in [0.4, 0.5) is 0 Å². The maximum Gasteiger partial charge on any atom is 0.268 e. The number of rotatable bonds is 10. The van der Waals surface area contributed by atoms with Gasteiger partial charge in [-0.1, -0.05) is 57.9 Å². The number of unbranched alkanes of at least 4 members (excludes halogenated alkanes) is 1. The van der Waals surface area contributed by atoms with Gasteiger partial charge in [-0.25, -0.2) is 0 Å². The number of H-pyrrole nitrogens is 1. The van der Waals surface area contributed by atoms with Crippen molar-refractivity contribution in [3.63, 3.8) is 0 Å². The van der Waals surface area contributed by atoms with Crippen molar-refractivity contribution in [2.45, 2.75) is 78.9 Å². The largest absolute Gasteiger partial charge is 0.379 e. The predicted molar refractivity (Wildman–Crippen MR) is 147 cm³/mol. The van der Waals surface area contributed by atoms with Crippen LogP contribution in [0.1, 0.15) is 89.7 Å². The molecule has 2 heterocycles. The van der Waals surface area contributed by atoms with Crippen LogP contribution in [0.25, 0.3) is 0 Å². The van der Waals surface area contributed by atoms with Crippen molar-refractivity contribution in [2.24, 2.45) is 5.41 Å². The summed E-state index contributed by atoms with van der Waals surface area (Å²) >= 11 is 0. The summed E-state index contributed by atoms with van der Waals surface area (Å²) in [7, 11) is 0. The van der Waals surface area contributed by atoms with E-state index < -0.39 is 6.04 Å². The highest BCUT2D eigenvalue weighted by Gasteiger charge is 2.35. The van der Waals surface area contributed by atoms with Crippen molar-refractivity contribution in [3.8, 4) is 0 Å². The van der Waals surface area contributed by atoms with E-state index in [2.05, 4.69) is 53.4 Å². The molecule has 0 spiro atoms. The standard InChI is InChI=1S/C30H42N4O4/c1-5-6-7-23(33-29(37)27-20(2)26-24(32-27)16-30(3,4)17-25(26)35)28(36)31-18-21-8-10-22(11-9-21)19-34-12-14-38-15-13-34/h8-11,23,32H,5-7,12-19H2,1-4H3,(H,31,36)(H,33,37). The summed E-state index contributed by atoms with van der Waals surface area (Å²) in [6, 6.07) is 7.65. The Labute approximate surface area is 225 Å². The molecule has 4 rings (SSSR count). The van der Waals surface area contributed by atoms with E-state index in [9.17, 15) is 14.4 Å². The van der Waals surface area contributed by atoms with E-state index in [4.69, 9.17) is 4.74 Å². The molecule has 1 atom stereocenters. The Morgan fingerprint density at radius 3 is 2.47 bits per heavy atom. The molecule has 1 aliphatic carbocycles. The quantitative estimate of drug-likeness (QED) is 0.439. The van der Waals surface area contributed by atoms with Crippen molar-refractivity contribution in [2.75, 3.05) is 26.3 Å². The first-order valence-electron chi connectivity index (χ1n) is 13.9. The fraction of sp³-hybridized carbons (Fsp3) is 0.567. The zero-order valence-electron chi connectivity index (χ0n) is 23.2. The minimum Gasteiger partial charge on any atom is -0.379 e. The summed E-state index contributed by atoms with van der Waals surface area (Å²) < 4.78 is 5.42. The highest BCUT2D eigenvalue weighted by Crippen LogP contribution is 2.36. The molecule has 38 heavy (non-hydrogen) atoms. The molecule has 1 aromatic carbocycles. The second kappa shape index (κ2) is 12.3. The van der Waals surface area contributed by atoms with Crippen LogP contribution in [-0.2, 0) is 29.0 Å². The SMILES string of the molecule is CCCCC(NC(=O)c1[nH]c2c(c1C)C(=O)CC(C)(C)C2)C(=O)NCc1ccc(CN2CCOCC2)cc1. The number of amides is 2. The zero-order valence-corrected chi connectivity index (χ0v) is 23.2. The summed E-state index contributed by atoms with van der Waals surface area (Å²) in [5, 5.41) is 5.94. The van der Waals surface area contributed by atoms with Gasteiger partial charge in [-0.2, -0.15) is 0 Å². The molecule has 1 fully saturated rings. The third-order valence-electron chi connectivity index (χ3n) is 7.60. The van der Waals surface area contributed by atoms with Crippen molar-refractivity contribution in [3.05, 3.63) is 57.9 Å². The van der Waals surface area contributed by atoms with Crippen molar-refractivity contribution in [1.29, 1.82) is 0 Å². The van der Waals surface area contributed by atoms with Gasteiger partial charge in [0.05, 0.1) is 13.2 Å². The van der Waals surface area contributed by atoms with E-state index in [0.717, 1.165) is 56.9 Å².